The summed E-state index contributed by atoms with van der Waals surface area (Å²) in [4.78, 5) is 42.5. The molecule has 1 aliphatic heterocycles. The summed E-state index contributed by atoms with van der Waals surface area (Å²) in [6, 6.07) is 0. The summed E-state index contributed by atoms with van der Waals surface area (Å²) in [7, 11) is 1.60. The van der Waals surface area contributed by atoms with E-state index in [-0.39, 0.29) is 30.7 Å². The molecule has 0 aromatic carbocycles. The molecule has 23 heavy (non-hydrogen) atoms. The number of carbonyl (C=O) groups is 3. The molecule has 1 aromatic rings. The van der Waals surface area contributed by atoms with Crippen LogP contribution in [-0.2, 0) is 20.8 Å². The smallest absolute Gasteiger partial charge is 0.306 e. The zero-order valence-corrected chi connectivity index (χ0v) is 14.1. The lowest BCUT2D eigenvalue weighted by molar-refractivity contribution is -0.146. The average Bonchev–Trinajstić information content (AvgIpc) is 2.92. The van der Waals surface area contributed by atoms with Gasteiger partial charge in [0.05, 0.1) is 29.6 Å². The van der Waals surface area contributed by atoms with Gasteiger partial charge in [-0.15, -0.1) is 11.3 Å². The monoisotopic (exact) mass is 339 g/mol. The van der Waals surface area contributed by atoms with E-state index >= 15 is 0 Å². The molecular formula is C15H21N3O4S. The zero-order valence-electron chi connectivity index (χ0n) is 13.3. The first-order valence-electron chi connectivity index (χ1n) is 7.52. The van der Waals surface area contributed by atoms with Gasteiger partial charge in [0.25, 0.3) is 0 Å². The molecule has 8 heteroatoms. The SMILES string of the molecule is Cc1nc(CC(=O)N(C)CC(=O)N2CCC(C(=O)O)CC2)cs1. The van der Waals surface area contributed by atoms with Crippen LogP contribution in [-0.4, -0.2) is 64.4 Å². The number of hydrogen-bond acceptors (Lipinski definition) is 5. The highest BCUT2D eigenvalue weighted by Crippen LogP contribution is 2.17. The van der Waals surface area contributed by atoms with Crippen molar-refractivity contribution in [3.63, 3.8) is 0 Å². The number of aliphatic carboxylic acids is 1. The van der Waals surface area contributed by atoms with Crippen molar-refractivity contribution in [1.82, 2.24) is 14.8 Å². The van der Waals surface area contributed by atoms with Crippen LogP contribution in [0, 0.1) is 12.8 Å². The van der Waals surface area contributed by atoms with Crippen LogP contribution in [0.3, 0.4) is 0 Å². The fraction of sp³-hybridized carbons (Fsp3) is 0.600. The van der Waals surface area contributed by atoms with Crippen LogP contribution in [0.2, 0.25) is 0 Å². The van der Waals surface area contributed by atoms with Crippen LogP contribution in [0.15, 0.2) is 5.38 Å². The van der Waals surface area contributed by atoms with Gasteiger partial charge in [-0.2, -0.15) is 0 Å². The molecule has 0 saturated carbocycles. The number of carboxylic acids is 1. The number of likely N-dealkylation sites (tertiary alicyclic amines) is 1. The topological polar surface area (TPSA) is 90.8 Å². The molecule has 1 saturated heterocycles. The molecule has 0 radical (unpaired) electrons. The maximum atomic E-state index is 12.2. The van der Waals surface area contributed by atoms with Gasteiger partial charge in [-0.1, -0.05) is 0 Å². The molecule has 1 aliphatic rings. The standard InChI is InChI=1S/C15H21N3O4S/c1-10-16-12(9-23-10)7-13(19)17(2)8-14(20)18-5-3-11(4-6-18)15(21)22/h9,11H,3-8H2,1-2H3,(H,21,22). The number of aromatic nitrogens is 1. The molecule has 7 nitrogen and oxygen atoms in total. The normalized spacial score (nSPS) is 15.5. The van der Waals surface area contributed by atoms with Crippen molar-refractivity contribution in [3.05, 3.63) is 16.1 Å². The van der Waals surface area contributed by atoms with Gasteiger partial charge < -0.3 is 14.9 Å². The molecule has 0 spiro atoms. The Hall–Kier alpha value is -1.96. The Morgan fingerprint density at radius 1 is 1.39 bits per heavy atom. The third kappa shape index (κ3) is 4.75. The van der Waals surface area contributed by atoms with Gasteiger partial charge in [-0.3, -0.25) is 14.4 Å². The number of piperidine rings is 1. The minimum absolute atomic E-state index is 0.0136. The van der Waals surface area contributed by atoms with Gasteiger partial charge in [0, 0.05) is 25.5 Å². The predicted octanol–water partition coefficient (Wildman–Crippen LogP) is 0.776. The molecule has 0 bridgehead atoms. The second-order valence-electron chi connectivity index (χ2n) is 5.78. The lowest BCUT2D eigenvalue weighted by Crippen LogP contribution is -2.45. The zero-order chi connectivity index (χ0) is 17.0. The van der Waals surface area contributed by atoms with Gasteiger partial charge in [0.1, 0.15) is 0 Å². The van der Waals surface area contributed by atoms with E-state index in [1.54, 1.807) is 11.9 Å². The summed E-state index contributed by atoms with van der Waals surface area (Å²) in [6.45, 7) is 2.76. The fourth-order valence-electron chi connectivity index (χ4n) is 2.55. The second kappa shape index (κ2) is 7.54. The Labute approximate surface area is 138 Å². The maximum absolute atomic E-state index is 12.2. The van der Waals surface area contributed by atoms with Crippen molar-refractivity contribution in [3.8, 4) is 0 Å². The van der Waals surface area contributed by atoms with Crippen molar-refractivity contribution in [2.75, 3.05) is 26.7 Å². The second-order valence-corrected chi connectivity index (χ2v) is 6.84. The third-order valence-corrected chi connectivity index (χ3v) is 4.82. The molecule has 0 unspecified atom stereocenters. The molecule has 2 rings (SSSR count). The molecule has 2 amide bonds. The summed E-state index contributed by atoms with van der Waals surface area (Å²) in [6.07, 6.45) is 1.13. The van der Waals surface area contributed by atoms with E-state index in [4.69, 9.17) is 5.11 Å². The van der Waals surface area contributed by atoms with Crippen LogP contribution >= 0.6 is 11.3 Å². The van der Waals surface area contributed by atoms with E-state index < -0.39 is 5.97 Å². The van der Waals surface area contributed by atoms with Crippen LogP contribution in [0.4, 0.5) is 0 Å². The van der Waals surface area contributed by atoms with Crippen LogP contribution in [0.1, 0.15) is 23.5 Å². The van der Waals surface area contributed by atoms with E-state index in [1.807, 2.05) is 12.3 Å². The summed E-state index contributed by atoms with van der Waals surface area (Å²) in [5.74, 6) is -1.46. The predicted molar refractivity (Wildman–Crippen MR) is 85.1 cm³/mol. The number of nitrogens with zero attached hydrogens (tertiary/aromatic N) is 3. The minimum Gasteiger partial charge on any atom is -0.481 e. The largest absolute Gasteiger partial charge is 0.481 e. The number of thiazole rings is 1. The Morgan fingerprint density at radius 2 is 2.04 bits per heavy atom. The Kier molecular flexibility index (Phi) is 5.70. The van der Waals surface area contributed by atoms with Crippen LogP contribution < -0.4 is 0 Å². The van der Waals surface area contributed by atoms with Gasteiger partial charge >= 0.3 is 5.97 Å². The summed E-state index contributed by atoms with van der Waals surface area (Å²) in [5, 5.41) is 11.7. The fourth-order valence-corrected chi connectivity index (χ4v) is 3.16. The van der Waals surface area contributed by atoms with Crippen molar-refractivity contribution in [2.45, 2.75) is 26.2 Å². The number of rotatable bonds is 5. The van der Waals surface area contributed by atoms with Crippen LogP contribution in [0.25, 0.3) is 0 Å². The summed E-state index contributed by atoms with van der Waals surface area (Å²) < 4.78 is 0. The number of amides is 2. The first-order chi connectivity index (χ1) is 10.9. The lowest BCUT2D eigenvalue weighted by Gasteiger charge is -2.31. The maximum Gasteiger partial charge on any atom is 0.306 e. The highest BCUT2D eigenvalue weighted by atomic mass is 32.1. The molecule has 1 aromatic heterocycles. The van der Waals surface area contributed by atoms with Gasteiger partial charge in [-0.25, -0.2) is 4.98 Å². The van der Waals surface area contributed by atoms with Crippen molar-refractivity contribution < 1.29 is 19.5 Å². The Bertz CT molecular complexity index is 593. The lowest BCUT2D eigenvalue weighted by atomic mass is 9.97. The van der Waals surface area contributed by atoms with E-state index in [1.165, 1.54) is 16.2 Å². The van der Waals surface area contributed by atoms with E-state index in [0.29, 0.717) is 25.9 Å². The quantitative estimate of drug-likeness (QED) is 0.856. The number of hydrogen-bond donors (Lipinski definition) is 1. The molecular weight excluding hydrogens is 318 g/mol. The van der Waals surface area contributed by atoms with Gasteiger partial charge in [-0.05, 0) is 19.8 Å². The highest BCUT2D eigenvalue weighted by Gasteiger charge is 2.27. The van der Waals surface area contributed by atoms with Crippen LogP contribution in [0.5, 0.6) is 0 Å². The van der Waals surface area contributed by atoms with E-state index in [9.17, 15) is 14.4 Å². The van der Waals surface area contributed by atoms with Crippen molar-refractivity contribution in [2.24, 2.45) is 5.92 Å². The first kappa shape index (κ1) is 17.4. The molecule has 0 aliphatic carbocycles. The summed E-state index contributed by atoms with van der Waals surface area (Å²) in [5.41, 5.74) is 0.721. The Morgan fingerprint density at radius 3 is 2.57 bits per heavy atom. The molecule has 2 heterocycles. The van der Waals surface area contributed by atoms with Gasteiger partial charge in [0.15, 0.2) is 0 Å². The van der Waals surface area contributed by atoms with E-state index in [2.05, 4.69) is 4.98 Å². The molecule has 1 fully saturated rings. The van der Waals surface area contributed by atoms with Crippen molar-refractivity contribution >= 4 is 29.1 Å². The average molecular weight is 339 g/mol. The molecule has 0 atom stereocenters. The van der Waals surface area contributed by atoms with E-state index in [0.717, 1.165) is 10.7 Å². The molecule has 1 N–H and O–H groups in total. The number of likely N-dealkylation sites (N-methyl/N-ethyl adjacent to an activating group) is 1. The number of carbonyl (C=O) groups excluding carboxylic acids is 2. The number of carboxylic acid groups (broad SMARTS) is 1. The minimum atomic E-state index is -0.803. The highest BCUT2D eigenvalue weighted by molar-refractivity contribution is 7.09. The first-order valence-corrected chi connectivity index (χ1v) is 8.40. The van der Waals surface area contributed by atoms with Crippen molar-refractivity contribution in [1.29, 1.82) is 0 Å². The summed E-state index contributed by atoms with van der Waals surface area (Å²) >= 11 is 1.49. The molecule has 126 valence electrons. The Balaban J connectivity index is 1.80. The number of aryl methyl sites for hydroxylation is 1. The van der Waals surface area contributed by atoms with Gasteiger partial charge in [0.2, 0.25) is 11.8 Å². The third-order valence-electron chi connectivity index (χ3n) is 3.99.